The Morgan fingerprint density at radius 3 is 2.96 bits per heavy atom. The monoisotopic (exact) mass is 321 g/mol. The van der Waals surface area contributed by atoms with E-state index in [0.29, 0.717) is 0 Å². The molecule has 1 aromatic carbocycles. The van der Waals surface area contributed by atoms with Gasteiger partial charge in [0.1, 0.15) is 0 Å². The van der Waals surface area contributed by atoms with Gasteiger partial charge in [0.2, 0.25) is 5.91 Å². The molecule has 1 aromatic heterocycles. The first-order valence-corrected chi connectivity index (χ1v) is 8.46. The summed E-state index contributed by atoms with van der Waals surface area (Å²) in [7, 11) is 0. The van der Waals surface area contributed by atoms with Crippen molar-refractivity contribution in [1.82, 2.24) is 15.1 Å². The Morgan fingerprint density at radius 1 is 1.33 bits per heavy atom. The van der Waals surface area contributed by atoms with Gasteiger partial charge >= 0.3 is 0 Å². The Hall–Kier alpha value is -2.62. The normalized spacial score (nSPS) is 17.3. The first-order chi connectivity index (χ1) is 11.8. The zero-order valence-electron chi connectivity index (χ0n) is 14.0. The Morgan fingerprint density at radius 2 is 2.17 bits per heavy atom. The quantitative estimate of drug-likeness (QED) is 0.676. The van der Waals surface area contributed by atoms with Crippen molar-refractivity contribution in [1.29, 1.82) is 0 Å². The molecule has 124 valence electrons. The van der Waals surface area contributed by atoms with Crippen molar-refractivity contribution in [2.45, 2.75) is 38.8 Å². The number of fused-ring (bicyclic) bond motifs is 1. The van der Waals surface area contributed by atoms with Gasteiger partial charge in [-0.1, -0.05) is 48.6 Å². The molecular formula is C20H23N3O. The molecule has 0 saturated carbocycles. The van der Waals surface area contributed by atoms with Crippen LogP contribution in [0.4, 0.5) is 0 Å². The molecule has 24 heavy (non-hydrogen) atoms. The van der Waals surface area contributed by atoms with E-state index in [1.807, 2.05) is 43.5 Å². The van der Waals surface area contributed by atoms with Crippen LogP contribution in [0.5, 0.6) is 0 Å². The highest BCUT2D eigenvalue weighted by atomic mass is 16.1. The SMILES string of the molecule is C/C=C/C=C/C(=O)N[C@H]1CCCc2c1cnn2Cc1ccccc1. The lowest BCUT2D eigenvalue weighted by Crippen LogP contribution is -2.29. The minimum Gasteiger partial charge on any atom is -0.346 e. The van der Waals surface area contributed by atoms with Crippen LogP contribution in [0.2, 0.25) is 0 Å². The maximum absolute atomic E-state index is 12.0. The largest absolute Gasteiger partial charge is 0.346 e. The van der Waals surface area contributed by atoms with Gasteiger partial charge in [-0.2, -0.15) is 5.10 Å². The lowest BCUT2D eigenvalue weighted by atomic mass is 9.93. The fourth-order valence-electron chi connectivity index (χ4n) is 3.14. The Kier molecular flexibility index (Phi) is 5.26. The molecule has 0 aliphatic heterocycles. The number of benzene rings is 1. The molecule has 0 fully saturated rings. The molecule has 4 nitrogen and oxygen atoms in total. The zero-order valence-corrected chi connectivity index (χ0v) is 14.0. The van der Waals surface area contributed by atoms with Crippen LogP contribution in [0.15, 0.2) is 60.8 Å². The number of carbonyl (C=O) groups excluding carboxylic acids is 1. The molecule has 1 aliphatic carbocycles. The summed E-state index contributed by atoms with van der Waals surface area (Å²) in [5.74, 6) is -0.0539. The first-order valence-electron chi connectivity index (χ1n) is 8.46. The number of nitrogens with zero attached hydrogens (tertiary/aromatic N) is 2. The van der Waals surface area contributed by atoms with E-state index in [0.717, 1.165) is 31.4 Å². The summed E-state index contributed by atoms with van der Waals surface area (Å²) in [6.07, 6.45) is 12.0. The third kappa shape index (κ3) is 3.82. The summed E-state index contributed by atoms with van der Waals surface area (Å²) in [5.41, 5.74) is 3.64. The molecule has 0 bridgehead atoms. The number of carbonyl (C=O) groups is 1. The molecule has 0 radical (unpaired) electrons. The molecule has 3 rings (SSSR count). The summed E-state index contributed by atoms with van der Waals surface area (Å²) in [6, 6.07) is 10.4. The van der Waals surface area contributed by atoms with Gasteiger partial charge in [0.15, 0.2) is 0 Å². The average Bonchev–Trinajstić information content (AvgIpc) is 3.00. The minimum atomic E-state index is -0.0539. The van der Waals surface area contributed by atoms with Gasteiger partial charge in [-0.15, -0.1) is 0 Å². The molecule has 0 spiro atoms. The molecule has 0 saturated heterocycles. The van der Waals surface area contributed by atoms with Gasteiger partial charge in [0.05, 0.1) is 18.8 Å². The molecule has 0 unspecified atom stereocenters. The second-order valence-corrected chi connectivity index (χ2v) is 6.03. The summed E-state index contributed by atoms with van der Waals surface area (Å²) in [4.78, 5) is 12.0. The predicted molar refractivity (Wildman–Crippen MR) is 95.5 cm³/mol. The van der Waals surface area contributed by atoms with Gasteiger partial charge in [-0.25, -0.2) is 0 Å². The second kappa shape index (κ2) is 7.77. The van der Waals surface area contributed by atoms with E-state index in [1.54, 1.807) is 12.2 Å². The van der Waals surface area contributed by atoms with E-state index in [9.17, 15) is 4.79 Å². The maximum atomic E-state index is 12.0. The average molecular weight is 321 g/mol. The second-order valence-electron chi connectivity index (χ2n) is 6.03. The third-order valence-corrected chi connectivity index (χ3v) is 4.31. The third-order valence-electron chi connectivity index (χ3n) is 4.31. The van der Waals surface area contributed by atoms with Crippen LogP contribution in [0.25, 0.3) is 0 Å². The molecule has 1 heterocycles. The molecule has 1 N–H and O–H groups in total. The molecule has 1 amide bonds. The maximum Gasteiger partial charge on any atom is 0.244 e. The van der Waals surface area contributed by atoms with E-state index in [2.05, 4.69) is 27.2 Å². The Bertz CT molecular complexity index is 743. The highest BCUT2D eigenvalue weighted by Crippen LogP contribution is 2.29. The van der Waals surface area contributed by atoms with Gasteiger partial charge in [-0.3, -0.25) is 9.48 Å². The van der Waals surface area contributed by atoms with Crippen molar-refractivity contribution in [3.8, 4) is 0 Å². The van der Waals surface area contributed by atoms with Crippen molar-refractivity contribution in [3.05, 3.63) is 77.7 Å². The zero-order chi connectivity index (χ0) is 16.8. The summed E-state index contributed by atoms with van der Waals surface area (Å²) >= 11 is 0. The fourth-order valence-corrected chi connectivity index (χ4v) is 3.14. The predicted octanol–water partition coefficient (Wildman–Crippen LogP) is 3.56. The summed E-state index contributed by atoms with van der Waals surface area (Å²) < 4.78 is 2.07. The molecule has 2 aromatic rings. The van der Waals surface area contributed by atoms with Gasteiger partial charge in [0, 0.05) is 17.3 Å². The van der Waals surface area contributed by atoms with Crippen molar-refractivity contribution >= 4 is 5.91 Å². The molecule has 4 heteroatoms. The Labute approximate surface area is 142 Å². The number of rotatable bonds is 5. The van der Waals surface area contributed by atoms with Crippen LogP contribution < -0.4 is 5.32 Å². The van der Waals surface area contributed by atoms with Crippen LogP contribution in [0, 0.1) is 0 Å². The molecular weight excluding hydrogens is 298 g/mol. The van der Waals surface area contributed by atoms with Crippen LogP contribution in [-0.2, 0) is 17.8 Å². The summed E-state index contributed by atoms with van der Waals surface area (Å²) in [6.45, 7) is 2.70. The Balaban J connectivity index is 1.73. The number of amides is 1. The van der Waals surface area contributed by atoms with Gasteiger partial charge in [0.25, 0.3) is 0 Å². The van der Waals surface area contributed by atoms with Crippen LogP contribution in [-0.4, -0.2) is 15.7 Å². The molecule has 1 atom stereocenters. The number of aromatic nitrogens is 2. The standard InChI is InChI=1S/C20H23N3O/c1-2-3-5-13-20(24)22-18-11-8-12-19-17(18)14-21-23(19)15-16-9-6-4-7-10-16/h2-7,9-10,13-14,18H,8,11-12,15H2,1H3,(H,22,24)/b3-2+,13-5+/t18-/m0/s1. The number of hydrogen-bond donors (Lipinski definition) is 1. The topological polar surface area (TPSA) is 46.9 Å². The number of nitrogens with one attached hydrogen (secondary N) is 1. The van der Waals surface area contributed by atoms with Crippen molar-refractivity contribution in [3.63, 3.8) is 0 Å². The summed E-state index contributed by atoms with van der Waals surface area (Å²) in [5, 5.41) is 7.66. The van der Waals surface area contributed by atoms with Crippen molar-refractivity contribution < 1.29 is 4.79 Å². The van der Waals surface area contributed by atoms with Crippen LogP contribution in [0.1, 0.15) is 42.6 Å². The van der Waals surface area contributed by atoms with Crippen LogP contribution >= 0.6 is 0 Å². The van der Waals surface area contributed by atoms with E-state index < -0.39 is 0 Å². The van der Waals surface area contributed by atoms with Gasteiger partial charge < -0.3 is 5.32 Å². The number of hydrogen-bond acceptors (Lipinski definition) is 2. The van der Waals surface area contributed by atoms with E-state index in [1.165, 1.54) is 11.3 Å². The van der Waals surface area contributed by atoms with Crippen molar-refractivity contribution in [2.24, 2.45) is 0 Å². The lowest BCUT2D eigenvalue weighted by molar-refractivity contribution is -0.117. The van der Waals surface area contributed by atoms with Crippen molar-refractivity contribution in [2.75, 3.05) is 0 Å². The smallest absolute Gasteiger partial charge is 0.244 e. The van der Waals surface area contributed by atoms with E-state index in [-0.39, 0.29) is 11.9 Å². The molecule has 1 aliphatic rings. The highest BCUT2D eigenvalue weighted by molar-refractivity contribution is 5.88. The van der Waals surface area contributed by atoms with Crippen LogP contribution in [0.3, 0.4) is 0 Å². The highest BCUT2D eigenvalue weighted by Gasteiger charge is 2.25. The first kappa shape index (κ1) is 16.2. The van der Waals surface area contributed by atoms with E-state index in [4.69, 9.17) is 0 Å². The lowest BCUT2D eigenvalue weighted by Gasteiger charge is -2.23. The number of allylic oxidation sites excluding steroid dienone is 3. The minimum absolute atomic E-state index is 0.0539. The van der Waals surface area contributed by atoms with Gasteiger partial charge in [-0.05, 0) is 31.7 Å². The fraction of sp³-hybridized carbons (Fsp3) is 0.300. The van der Waals surface area contributed by atoms with E-state index >= 15 is 0 Å².